The highest BCUT2D eigenvalue weighted by Crippen LogP contribution is 2.22. The second-order valence-electron chi connectivity index (χ2n) is 8.67. The van der Waals surface area contributed by atoms with Gasteiger partial charge in [0.05, 0.1) is 70.9 Å². The highest BCUT2D eigenvalue weighted by atomic mass is 16.2. The summed E-state index contributed by atoms with van der Waals surface area (Å²) in [5.41, 5.74) is 4.17. The highest BCUT2D eigenvalue weighted by Gasteiger charge is 2.27. The van der Waals surface area contributed by atoms with E-state index in [1.807, 2.05) is 13.2 Å². The van der Waals surface area contributed by atoms with Crippen LogP contribution in [-0.2, 0) is 11.8 Å². The Hall–Kier alpha value is -4.12. The van der Waals surface area contributed by atoms with Gasteiger partial charge in [0.15, 0.2) is 0 Å². The zero-order chi connectivity index (χ0) is 23.8. The van der Waals surface area contributed by atoms with Gasteiger partial charge in [0.25, 0.3) is 5.91 Å². The molecule has 1 aliphatic rings. The fraction of sp³-hybridized carbons (Fsp3) is 0.304. The molecule has 174 valence electrons. The van der Waals surface area contributed by atoms with Crippen molar-refractivity contribution in [2.45, 2.75) is 26.3 Å². The predicted molar refractivity (Wildman–Crippen MR) is 126 cm³/mol. The van der Waals surface area contributed by atoms with Crippen LogP contribution in [0.4, 0.5) is 11.4 Å². The van der Waals surface area contributed by atoms with E-state index in [1.165, 1.54) is 6.20 Å². The number of nitrogens with zero attached hydrogens (tertiary/aromatic N) is 6. The monoisotopic (exact) mass is 459 g/mol. The highest BCUT2D eigenvalue weighted by molar-refractivity contribution is 6.09. The van der Waals surface area contributed by atoms with E-state index in [0.29, 0.717) is 39.8 Å². The Kier molecular flexibility index (Phi) is 5.54. The van der Waals surface area contributed by atoms with E-state index in [9.17, 15) is 9.59 Å². The minimum absolute atomic E-state index is 0.106. The predicted octanol–water partition coefficient (Wildman–Crippen LogP) is 2.02. The molecule has 0 radical (unpaired) electrons. The van der Waals surface area contributed by atoms with E-state index >= 15 is 0 Å². The molecule has 0 saturated carbocycles. The van der Waals surface area contributed by atoms with Crippen LogP contribution in [0.3, 0.4) is 0 Å². The molecule has 0 aromatic carbocycles. The number of anilines is 2. The van der Waals surface area contributed by atoms with Crippen molar-refractivity contribution in [3.05, 3.63) is 54.5 Å². The molecule has 0 unspecified atom stereocenters. The maximum Gasteiger partial charge on any atom is 0.259 e. The second kappa shape index (κ2) is 8.67. The number of aryl methyl sites for hydroxylation is 2. The van der Waals surface area contributed by atoms with Gasteiger partial charge in [-0.3, -0.25) is 24.2 Å². The first kappa shape index (κ1) is 21.7. The van der Waals surface area contributed by atoms with Crippen molar-refractivity contribution in [3.8, 4) is 11.3 Å². The Bertz CT molecular complexity index is 1390. The number of carbonyl (C=O) groups excluding carboxylic acids is 2. The minimum atomic E-state index is -0.342. The normalized spacial score (nSPS) is 17.7. The van der Waals surface area contributed by atoms with Gasteiger partial charge in [0.2, 0.25) is 5.91 Å². The van der Waals surface area contributed by atoms with Crippen molar-refractivity contribution in [2.75, 3.05) is 17.2 Å². The first-order chi connectivity index (χ1) is 16.4. The summed E-state index contributed by atoms with van der Waals surface area (Å²) in [6.07, 6.45) is 10.8. The maximum atomic E-state index is 13.0. The summed E-state index contributed by atoms with van der Waals surface area (Å²) in [4.78, 5) is 34.4. The minimum Gasteiger partial charge on any atom is -0.323 e. The van der Waals surface area contributed by atoms with E-state index in [0.717, 1.165) is 18.5 Å². The van der Waals surface area contributed by atoms with E-state index in [1.54, 1.807) is 47.0 Å². The van der Waals surface area contributed by atoms with Crippen LogP contribution in [0.25, 0.3) is 16.8 Å². The molecular weight excluding hydrogens is 434 g/mol. The number of amides is 2. The van der Waals surface area contributed by atoms with Gasteiger partial charge in [-0.25, -0.2) is 4.52 Å². The third-order valence-electron chi connectivity index (χ3n) is 5.92. The van der Waals surface area contributed by atoms with Crippen LogP contribution in [0.2, 0.25) is 0 Å². The molecule has 0 spiro atoms. The van der Waals surface area contributed by atoms with E-state index < -0.39 is 0 Å². The van der Waals surface area contributed by atoms with E-state index in [4.69, 9.17) is 0 Å². The van der Waals surface area contributed by atoms with Crippen LogP contribution >= 0.6 is 0 Å². The molecule has 2 atom stereocenters. The average molecular weight is 460 g/mol. The van der Waals surface area contributed by atoms with Crippen molar-refractivity contribution in [1.82, 2.24) is 34.7 Å². The van der Waals surface area contributed by atoms with Gasteiger partial charge in [-0.2, -0.15) is 10.2 Å². The van der Waals surface area contributed by atoms with Crippen molar-refractivity contribution >= 4 is 28.7 Å². The molecule has 0 bridgehead atoms. The lowest BCUT2D eigenvalue weighted by Gasteiger charge is -2.13. The Morgan fingerprint density at radius 1 is 1.09 bits per heavy atom. The lowest BCUT2D eigenvalue weighted by atomic mass is 10.1. The first-order valence-corrected chi connectivity index (χ1v) is 11.0. The van der Waals surface area contributed by atoms with Gasteiger partial charge in [0, 0.05) is 18.8 Å². The molecule has 4 aromatic rings. The van der Waals surface area contributed by atoms with Gasteiger partial charge in [-0.1, -0.05) is 6.92 Å². The molecule has 1 fully saturated rings. The summed E-state index contributed by atoms with van der Waals surface area (Å²) in [5, 5.41) is 17.5. The second-order valence-corrected chi connectivity index (χ2v) is 8.67. The van der Waals surface area contributed by atoms with Crippen molar-refractivity contribution in [1.29, 1.82) is 0 Å². The zero-order valence-corrected chi connectivity index (χ0v) is 19.1. The van der Waals surface area contributed by atoms with Gasteiger partial charge >= 0.3 is 0 Å². The van der Waals surface area contributed by atoms with E-state index in [-0.39, 0.29) is 17.9 Å². The molecular formula is C23H25N9O2. The third kappa shape index (κ3) is 4.25. The third-order valence-corrected chi connectivity index (χ3v) is 5.92. The number of hydrogen-bond donors (Lipinski definition) is 3. The molecule has 5 heterocycles. The molecule has 4 aromatic heterocycles. The molecule has 11 heteroatoms. The molecule has 0 aliphatic carbocycles. The van der Waals surface area contributed by atoms with Gasteiger partial charge in [-0.15, -0.1) is 0 Å². The lowest BCUT2D eigenvalue weighted by Crippen LogP contribution is -2.35. The zero-order valence-electron chi connectivity index (χ0n) is 19.1. The van der Waals surface area contributed by atoms with E-state index in [2.05, 4.69) is 43.0 Å². The molecule has 11 nitrogen and oxygen atoms in total. The van der Waals surface area contributed by atoms with Crippen molar-refractivity contribution in [3.63, 3.8) is 0 Å². The van der Waals surface area contributed by atoms with Gasteiger partial charge < -0.3 is 16.0 Å². The number of aromatic nitrogens is 6. The topological polar surface area (TPSA) is 131 Å². The van der Waals surface area contributed by atoms with Gasteiger partial charge in [-0.05, 0) is 31.9 Å². The largest absolute Gasteiger partial charge is 0.323 e. The fourth-order valence-corrected chi connectivity index (χ4v) is 4.02. The Morgan fingerprint density at radius 2 is 1.94 bits per heavy atom. The first-order valence-electron chi connectivity index (χ1n) is 11.0. The molecule has 2 amide bonds. The SMILES string of the molecule is Cc1ncc(NC(=O)[C@@H]2C[C@@H](C)CN2)cc1NC(=O)c1cnn2cc(-c3cnn(C)c3)ncc12. The number of carbonyl (C=O) groups is 2. The molecule has 34 heavy (non-hydrogen) atoms. The van der Waals surface area contributed by atoms with Crippen LogP contribution < -0.4 is 16.0 Å². The summed E-state index contributed by atoms with van der Waals surface area (Å²) >= 11 is 0. The van der Waals surface area contributed by atoms with Crippen LogP contribution in [0.5, 0.6) is 0 Å². The van der Waals surface area contributed by atoms with Crippen molar-refractivity contribution < 1.29 is 9.59 Å². The average Bonchev–Trinajstić information content (AvgIpc) is 3.55. The van der Waals surface area contributed by atoms with Crippen LogP contribution in [0.15, 0.2) is 43.2 Å². The number of rotatable bonds is 5. The van der Waals surface area contributed by atoms with Crippen LogP contribution in [0, 0.1) is 12.8 Å². The number of pyridine rings is 1. The quantitative estimate of drug-likeness (QED) is 0.416. The maximum absolute atomic E-state index is 13.0. The lowest BCUT2D eigenvalue weighted by molar-refractivity contribution is -0.117. The number of hydrogen-bond acceptors (Lipinski definition) is 7. The van der Waals surface area contributed by atoms with Crippen LogP contribution in [0.1, 0.15) is 29.4 Å². The summed E-state index contributed by atoms with van der Waals surface area (Å²) < 4.78 is 3.31. The molecule has 1 saturated heterocycles. The smallest absolute Gasteiger partial charge is 0.259 e. The molecule has 1 aliphatic heterocycles. The number of fused-ring (bicyclic) bond motifs is 1. The summed E-state index contributed by atoms with van der Waals surface area (Å²) in [7, 11) is 1.84. The summed E-state index contributed by atoms with van der Waals surface area (Å²) in [6, 6.07) is 1.48. The Balaban J connectivity index is 1.33. The summed E-state index contributed by atoms with van der Waals surface area (Å²) in [5.74, 6) is 0.0125. The van der Waals surface area contributed by atoms with Gasteiger partial charge in [0.1, 0.15) is 0 Å². The molecule has 3 N–H and O–H groups in total. The number of nitrogens with one attached hydrogen (secondary N) is 3. The Morgan fingerprint density at radius 3 is 2.68 bits per heavy atom. The van der Waals surface area contributed by atoms with Crippen LogP contribution in [-0.4, -0.2) is 53.8 Å². The fourth-order valence-electron chi connectivity index (χ4n) is 4.02. The van der Waals surface area contributed by atoms with Crippen molar-refractivity contribution in [2.24, 2.45) is 13.0 Å². The Labute approximate surface area is 195 Å². The standard InChI is InChI=1S/C23H25N9O2/c1-13-4-19(25-6-13)23(34)29-16-5-18(14(2)24-8-16)30-22(33)17-9-28-32-12-20(26-10-21(17)32)15-7-27-31(3)11-15/h5,7-13,19,25H,4,6H2,1-3H3,(H,29,34)(H,30,33)/t13-,19+/m1/s1. The summed E-state index contributed by atoms with van der Waals surface area (Å²) in [6.45, 7) is 4.72. The molecule has 5 rings (SSSR count).